The van der Waals surface area contributed by atoms with Crippen molar-refractivity contribution < 1.29 is 13.2 Å². The van der Waals surface area contributed by atoms with E-state index in [1.54, 1.807) is 12.1 Å². The average molecular weight is 251 g/mol. The van der Waals surface area contributed by atoms with E-state index in [1.165, 1.54) is 11.3 Å². The van der Waals surface area contributed by atoms with Gasteiger partial charge >= 0.3 is 6.18 Å². The first-order valence-corrected chi connectivity index (χ1v) is 6.19. The van der Waals surface area contributed by atoms with Gasteiger partial charge in [0.2, 0.25) is 0 Å². The van der Waals surface area contributed by atoms with Crippen molar-refractivity contribution >= 4 is 11.3 Å². The molecule has 0 aromatic carbocycles. The third kappa shape index (κ3) is 3.49. The summed E-state index contributed by atoms with van der Waals surface area (Å²) in [6.07, 6.45) is -2.74. The molecule has 1 aromatic heterocycles. The van der Waals surface area contributed by atoms with Gasteiger partial charge in [0.1, 0.15) is 6.04 Å². The second kappa shape index (κ2) is 5.68. The Bertz CT molecular complexity index is 319. The third-order valence-corrected chi connectivity index (χ3v) is 3.54. The summed E-state index contributed by atoms with van der Waals surface area (Å²) >= 11 is 1.24. The van der Waals surface area contributed by atoms with Crippen molar-refractivity contribution in [1.82, 2.24) is 5.32 Å². The number of thiophene rings is 1. The summed E-state index contributed by atoms with van der Waals surface area (Å²) < 4.78 is 38.4. The molecule has 0 aliphatic heterocycles. The van der Waals surface area contributed by atoms with Crippen LogP contribution in [0.5, 0.6) is 0 Å². The summed E-state index contributed by atoms with van der Waals surface area (Å²) in [5, 5.41) is 2.55. The molecule has 0 bridgehead atoms. The number of aryl methyl sites for hydroxylation is 1. The van der Waals surface area contributed by atoms with Crippen LogP contribution in [0.15, 0.2) is 12.1 Å². The Hall–Kier alpha value is -0.550. The molecule has 1 N–H and O–H groups in total. The summed E-state index contributed by atoms with van der Waals surface area (Å²) in [5.41, 5.74) is 0. The van der Waals surface area contributed by atoms with Crippen molar-refractivity contribution in [1.29, 1.82) is 0 Å². The number of rotatable bonds is 5. The summed E-state index contributed by atoms with van der Waals surface area (Å²) in [6.45, 7) is 4.17. The molecule has 0 saturated heterocycles. The minimum atomic E-state index is -4.22. The molecule has 92 valence electrons. The minimum Gasteiger partial charge on any atom is -0.302 e. The molecule has 16 heavy (non-hydrogen) atoms. The largest absolute Gasteiger partial charge is 0.408 e. The van der Waals surface area contributed by atoms with Crippen molar-refractivity contribution in [2.75, 3.05) is 6.54 Å². The van der Waals surface area contributed by atoms with Crippen LogP contribution in [0.1, 0.15) is 36.1 Å². The smallest absolute Gasteiger partial charge is 0.302 e. The minimum absolute atomic E-state index is 0.359. The van der Waals surface area contributed by atoms with Gasteiger partial charge in [-0.05, 0) is 31.5 Å². The van der Waals surface area contributed by atoms with Crippen LogP contribution < -0.4 is 5.32 Å². The van der Waals surface area contributed by atoms with E-state index in [0.29, 0.717) is 17.8 Å². The normalized spacial score (nSPS) is 14.1. The van der Waals surface area contributed by atoms with E-state index < -0.39 is 12.2 Å². The zero-order valence-electron chi connectivity index (χ0n) is 9.40. The Labute approximate surface area is 97.7 Å². The van der Waals surface area contributed by atoms with Gasteiger partial charge in [-0.2, -0.15) is 13.2 Å². The lowest BCUT2D eigenvalue weighted by atomic mass is 10.2. The van der Waals surface area contributed by atoms with Crippen LogP contribution in [-0.2, 0) is 6.42 Å². The lowest BCUT2D eigenvalue weighted by Crippen LogP contribution is -2.33. The van der Waals surface area contributed by atoms with Crippen LogP contribution in [0, 0.1) is 0 Å². The number of alkyl halides is 3. The molecular formula is C11H16F3NS. The number of nitrogens with one attached hydrogen (secondary N) is 1. The first kappa shape index (κ1) is 13.5. The molecule has 1 aromatic rings. The number of hydrogen-bond donors (Lipinski definition) is 1. The second-order valence-electron chi connectivity index (χ2n) is 3.59. The van der Waals surface area contributed by atoms with Gasteiger partial charge in [-0.3, -0.25) is 0 Å². The highest BCUT2D eigenvalue weighted by Crippen LogP contribution is 2.36. The Morgan fingerprint density at radius 1 is 1.31 bits per heavy atom. The van der Waals surface area contributed by atoms with Crippen molar-refractivity contribution in [3.8, 4) is 0 Å². The molecule has 5 heteroatoms. The highest BCUT2D eigenvalue weighted by molar-refractivity contribution is 7.12. The van der Waals surface area contributed by atoms with Crippen LogP contribution in [-0.4, -0.2) is 12.7 Å². The predicted molar refractivity (Wildman–Crippen MR) is 60.8 cm³/mol. The Kier molecular flexibility index (Phi) is 4.80. The zero-order chi connectivity index (χ0) is 12.2. The third-order valence-electron chi connectivity index (χ3n) is 2.24. The van der Waals surface area contributed by atoms with Crippen LogP contribution >= 0.6 is 11.3 Å². The standard InChI is InChI=1S/C11H16F3NS/c1-3-7-15-10(11(12,13)14)9-6-5-8(4-2)16-9/h5-6,10,15H,3-4,7H2,1-2H3. The molecular weight excluding hydrogens is 235 g/mol. The van der Waals surface area contributed by atoms with Crippen molar-refractivity contribution in [3.63, 3.8) is 0 Å². The second-order valence-corrected chi connectivity index (χ2v) is 4.79. The zero-order valence-corrected chi connectivity index (χ0v) is 10.2. The Balaban J connectivity index is 2.83. The van der Waals surface area contributed by atoms with E-state index in [-0.39, 0.29) is 0 Å². The summed E-state index contributed by atoms with van der Waals surface area (Å²) in [4.78, 5) is 1.35. The fourth-order valence-corrected chi connectivity index (χ4v) is 2.46. The molecule has 1 atom stereocenters. The van der Waals surface area contributed by atoms with Crippen molar-refractivity contribution in [2.24, 2.45) is 0 Å². The maximum atomic E-state index is 12.8. The lowest BCUT2D eigenvalue weighted by molar-refractivity contribution is -0.156. The monoisotopic (exact) mass is 251 g/mol. The highest BCUT2D eigenvalue weighted by atomic mass is 32.1. The highest BCUT2D eigenvalue weighted by Gasteiger charge is 2.41. The summed E-state index contributed by atoms with van der Waals surface area (Å²) in [6, 6.07) is 1.83. The molecule has 0 aliphatic carbocycles. The van der Waals surface area contributed by atoms with Gasteiger partial charge in [0.15, 0.2) is 0 Å². The van der Waals surface area contributed by atoms with E-state index in [1.807, 2.05) is 13.8 Å². The van der Waals surface area contributed by atoms with Crippen LogP contribution in [0.2, 0.25) is 0 Å². The van der Waals surface area contributed by atoms with E-state index in [0.717, 1.165) is 11.3 Å². The van der Waals surface area contributed by atoms with Crippen LogP contribution in [0.25, 0.3) is 0 Å². The van der Waals surface area contributed by atoms with Crippen LogP contribution in [0.4, 0.5) is 13.2 Å². The van der Waals surface area contributed by atoms with Crippen molar-refractivity contribution in [3.05, 3.63) is 21.9 Å². The van der Waals surface area contributed by atoms with Gasteiger partial charge in [-0.1, -0.05) is 13.8 Å². The molecule has 0 amide bonds. The van der Waals surface area contributed by atoms with Gasteiger partial charge in [-0.25, -0.2) is 0 Å². The molecule has 0 saturated carbocycles. The molecule has 1 nitrogen and oxygen atoms in total. The van der Waals surface area contributed by atoms with Crippen molar-refractivity contribution in [2.45, 2.75) is 38.9 Å². The van der Waals surface area contributed by atoms with E-state index in [2.05, 4.69) is 5.32 Å². The molecule has 0 spiro atoms. The first-order valence-electron chi connectivity index (χ1n) is 5.37. The summed E-state index contributed by atoms with van der Waals surface area (Å²) in [7, 11) is 0. The van der Waals surface area contributed by atoms with E-state index in [9.17, 15) is 13.2 Å². The molecule has 1 rings (SSSR count). The van der Waals surface area contributed by atoms with Crippen LogP contribution in [0.3, 0.4) is 0 Å². The number of halogens is 3. The number of hydrogen-bond acceptors (Lipinski definition) is 2. The maximum Gasteiger partial charge on any atom is 0.408 e. The fraction of sp³-hybridized carbons (Fsp3) is 0.636. The molecule has 0 radical (unpaired) electrons. The van der Waals surface area contributed by atoms with E-state index in [4.69, 9.17) is 0 Å². The van der Waals surface area contributed by atoms with Gasteiger partial charge in [-0.15, -0.1) is 11.3 Å². The maximum absolute atomic E-state index is 12.8. The molecule has 0 aliphatic rings. The average Bonchev–Trinajstić information content (AvgIpc) is 2.65. The van der Waals surface area contributed by atoms with Gasteiger partial charge < -0.3 is 5.32 Å². The topological polar surface area (TPSA) is 12.0 Å². The first-order chi connectivity index (χ1) is 7.49. The molecule has 1 unspecified atom stereocenters. The Morgan fingerprint density at radius 3 is 2.44 bits per heavy atom. The van der Waals surface area contributed by atoms with Gasteiger partial charge in [0.25, 0.3) is 0 Å². The van der Waals surface area contributed by atoms with Gasteiger partial charge in [0, 0.05) is 9.75 Å². The predicted octanol–water partition coefficient (Wildman–Crippen LogP) is 3.91. The Morgan fingerprint density at radius 2 is 2.00 bits per heavy atom. The van der Waals surface area contributed by atoms with Gasteiger partial charge in [0.05, 0.1) is 0 Å². The fourth-order valence-electron chi connectivity index (χ4n) is 1.41. The lowest BCUT2D eigenvalue weighted by Gasteiger charge is -2.20. The molecule has 0 fully saturated rings. The SMILES string of the molecule is CCCNC(c1ccc(CC)s1)C(F)(F)F. The molecule has 1 heterocycles. The van der Waals surface area contributed by atoms with E-state index >= 15 is 0 Å². The quantitative estimate of drug-likeness (QED) is 0.836. The summed E-state index contributed by atoms with van der Waals surface area (Å²) in [5.74, 6) is 0.